The van der Waals surface area contributed by atoms with Gasteiger partial charge in [0.2, 0.25) is 11.8 Å². The van der Waals surface area contributed by atoms with Crippen LogP contribution < -0.4 is 16.2 Å². The molecule has 2 amide bonds. The first-order valence-electron chi connectivity index (χ1n) is 8.05. The Hall–Kier alpha value is -2.82. The van der Waals surface area contributed by atoms with Crippen LogP contribution in [0.2, 0.25) is 0 Å². The Bertz CT molecular complexity index is 981. The predicted octanol–water partition coefficient (Wildman–Crippen LogP) is 2.04. The van der Waals surface area contributed by atoms with Crippen LogP contribution in [0.25, 0.3) is 0 Å². The third-order valence-electron chi connectivity index (χ3n) is 3.76. The molecule has 0 aliphatic carbocycles. The number of carbonyl (C=O) groups excluding carboxylic acids is 2. The first-order valence-corrected chi connectivity index (χ1v) is 8.93. The van der Waals surface area contributed by atoms with Gasteiger partial charge in [-0.15, -0.1) is 0 Å². The van der Waals surface area contributed by atoms with E-state index in [4.69, 9.17) is 0 Å². The summed E-state index contributed by atoms with van der Waals surface area (Å²) in [7, 11) is 0. The average molecular weight is 414 g/mol. The second-order valence-electron chi connectivity index (χ2n) is 5.83. The van der Waals surface area contributed by atoms with Gasteiger partial charge in [-0.25, -0.2) is 18.2 Å². The van der Waals surface area contributed by atoms with Crippen molar-refractivity contribution >= 4 is 29.3 Å². The molecule has 2 aromatic rings. The van der Waals surface area contributed by atoms with Crippen molar-refractivity contribution in [2.75, 3.05) is 11.9 Å². The number of nitrogens with one attached hydrogen (secondary N) is 3. The minimum Gasteiger partial charge on any atom is -0.346 e. The van der Waals surface area contributed by atoms with Gasteiger partial charge in [0.25, 0.3) is 5.56 Å². The summed E-state index contributed by atoms with van der Waals surface area (Å²) in [4.78, 5) is 42.3. The van der Waals surface area contributed by atoms with E-state index in [-0.39, 0.29) is 10.7 Å². The van der Waals surface area contributed by atoms with Gasteiger partial charge in [-0.3, -0.25) is 14.4 Å². The molecule has 1 unspecified atom stereocenters. The molecule has 0 saturated carbocycles. The van der Waals surface area contributed by atoms with Crippen molar-refractivity contribution in [3.63, 3.8) is 0 Å². The van der Waals surface area contributed by atoms with Crippen LogP contribution in [-0.4, -0.2) is 33.6 Å². The molecular formula is C17H17F3N4O3S. The highest BCUT2D eigenvalue weighted by Gasteiger charge is 2.19. The number of aromatic nitrogens is 2. The van der Waals surface area contributed by atoms with Gasteiger partial charge < -0.3 is 15.6 Å². The molecule has 2 rings (SSSR count). The van der Waals surface area contributed by atoms with Crippen molar-refractivity contribution in [2.45, 2.75) is 31.2 Å². The Balaban J connectivity index is 1.91. The SMILES string of the molecule is Cc1nc(SC(C)C(=O)NCC(=O)Nc2ccc(F)c(F)c2F)[nH]c(=O)c1C. The summed E-state index contributed by atoms with van der Waals surface area (Å²) in [5.74, 6) is -5.98. The van der Waals surface area contributed by atoms with Crippen molar-refractivity contribution in [3.05, 3.63) is 51.2 Å². The molecule has 0 spiro atoms. The summed E-state index contributed by atoms with van der Waals surface area (Å²) in [6.45, 7) is 4.32. The van der Waals surface area contributed by atoms with E-state index in [1.165, 1.54) is 0 Å². The largest absolute Gasteiger partial charge is 0.346 e. The topological polar surface area (TPSA) is 104 Å². The number of nitrogens with zero attached hydrogens (tertiary/aromatic N) is 1. The number of hydrogen-bond donors (Lipinski definition) is 3. The molecule has 1 aromatic carbocycles. The number of benzene rings is 1. The predicted molar refractivity (Wildman–Crippen MR) is 97.6 cm³/mol. The lowest BCUT2D eigenvalue weighted by molar-refractivity contribution is -0.123. The van der Waals surface area contributed by atoms with E-state index in [1.807, 2.05) is 5.32 Å². The number of carbonyl (C=O) groups is 2. The van der Waals surface area contributed by atoms with Crippen LogP contribution in [0.5, 0.6) is 0 Å². The highest BCUT2D eigenvalue weighted by molar-refractivity contribution is 8.00. The molecule has 11 heteroatoms. The minimum atomic E-state index is -1.71. The fourth-order valence-electron chi connectivity index (χ4n) is 2.02. The molecule has 1 atom stereocenters. The van der Waals surface area contributed by atoms with Crippen LogP contribution in [0.1, 0.15) is 18.2 Å². The lowest BCUT2D eigenvalue weighted by atomic mass is 10.2. The highest BCUT2D eigenvalue weighted by atomic mass is 32.2. The highest BCUT2D eigenvalue weighted by Crippen LogP contribution is 2.20. The summed E-state index contributed by atoms with van der Waals surface area (Å²) >= 11 is 0.989. The molecule has 0 aliphatic heterocycles. The number of hydrogen-bond acceptors (Lipinski definition) is 5. The van der Waals surface area contributed by atoms with Crippen molar-refractivity contribution in [1.29, 1.82) is 0 Å². The Kier molecular flexibility index (Phi) is 6.84. The number of amides is 2. The Morgan fingerprint density at radius 3 is 2.54 bits per heavy atom. The summed E-state index contributed by atoms with van der Waals surface area (Å²) in [5, 5.41) is 3.93. The van der Waals surface area contributed by atoms with E-state index in [0.29, 0.717) is 17.3 Å². The maximum Gasteiger partial charge on any atom is 0.254 e. The molecule has 0 bridgehead atoms. The fourth-order valence-corrected chi connectivity index (χ4v) is 2.89. The van der Waals surface area contributed by atoms with Crippen LogP contribution in [-0.2, 0) is 9.59 Å². The number of H-pyrrole nitrogens is 1. The summed E-state index contributed by atoms with van der Waals surface area (Å²) in [6.07, 6.45) is 0. The fraction of sp³-hybridized carbons (Fsp3) is 0.294. The van der Waals surface area contributed by atoms with Gasteiger partial charge >= 0.3 is 0 Å². The summed E-state index contributed by atoms with van der Waals surface area (Å²) in [6, 6.07) is 1.54. The molecular weight excluding hydrogens is 397 g/mol. The average Bonchev–Trinajstić information content (AvgIpc) is 2.64. The molecule has 7 nitrogen and oxygen atoms in total. The van der Waals surface area contributed by atoms with Gasteiger partial charge in [-0.05, 0) is 32.9 Å². The van der Waals surface area contributed by atoms with Crippen LogP contribution in [0.15, 0.2) is 22.1 Å². The van der Waals surface area contributed by atoms with Gasteiger partial charge in [0.15, 0.2) is 22.6 Å². The zero-order chi connectivity index (χ0) is 21.0. The lowest BCUT2D eigenvalue weighted by Gasteiger charge is -2.12. The number of halogens is 3. The molecule has 0 aliphatic rings. The van der Waals surface area contributed by atoms with E-state index < -0.39 is 46.7 Å². The molecule has 150 valence electrons. The lowest BCUT2D eigenvalue weighted by Crippen LogP contribution is -2.37. The number of aromatic amines is 1. The van der Waals surface area contributed by atoms with E-state index in [2.05, 4.69) is 15.3 Å². The molecule has 0 saturated heterocycles. The zero-order valence-corrected chi connectivity index (χ0v) is 16.0. The molecule has 1 heterocycles. The number of anilines is 1. The third-order valence-corrected chi connectivity index (χ3v) is 4.75. The van der Waals surface area contributed by atoms with Crippen molar-refractivity contribution < 1.29 is 22.8 Å². The first-order chi connectivity index (χ1) is 13.1. The maximum absolute atomic E-state index is 13.5. The smallest absolute Gasteiger partial charge is 0.254 e. The van der Waals surface area contributed by atoms with Crippen molar-refractivity contribution in [2.24, 2.45) is 0 Å². The summed E-state index contributed by atoms with van der Waals surface area (Å²) in [5.41, 5.74) is 0.155. The minimum absolute atomic E-state index is 0.254. The van der Waals surface area contributed by atoms with Crippen LogP contribution >= 0.6 is 11.8 Å². The van der Waals surface area contributed by atoms with E-state index in [0.717, 1.165) is 17.8 Å². The second kappa shape index (κ2) is 8.91. The normalized spacial score (nSPS) is 11.8. The Morgan fingerprint density at radius 1 is 1.21 bits per heavy atom. The Morgan fingerprint density at radius 2 is 1.89 bits per heavy atom. The number of rotatable bonds is 6. The van der Waals surface area contributed by atoms with Gasteiger partial charge in [-0.2, -0.15) is 0 Å². The van der Waals surface area contributed by atoms with E-state index in [9.17, 15) is 27.6 Å². The maximum atomic E-state index is 13.5. The van der Waals surface area contributed by atoms with Crippen molar-refractivity contribution in [3.8, 4) is 0 Å². The monoisotopic (exact) mass is 414 g/mol. The first kappa shape index (κ1) is 21.5. The molecule has 28 heavy (non-hydrogen) atoms. The quantitative estimate of drug-likeness (QED) is 0.381. The van der Waals surface area contributed by atoms with Crippen molar-refractivity contribution in [1.82, 2.24) is 15.3 Å². The Labute approximate surface area is 162 Å². The molecule has 1 aromatic heterocycles. The van der Waals surface area contributed by atoms with Crippen LogP contribution in [0, 0.1) is 31.3 Å². The van der Waals surface area contributed by atoms with Crippen LogP contribution in [0.4, 0.5) is 18.9 Å². The third kappa shape index (κ3) is 5.12. The van der Waals surface area contributed by atoms with Gasteiger partial charge in [0, 0.05) is 11.3 Å². The summed E-state index contributed by atoms with van der Waals surface area (Å²) < 4.78 is 39.6. The number of aryl methyl sites for hydroxylation is 1. The second-order valence-corrected chi connectivity index (χ2v) is 7.16. The number of thioether (sulfide) groups is 1. The standard InChI is InChI=1S/C17H17F3N4O3S/c1-7-8(2)22-17(24-15(7)26)28-9(3)16(27)21-6-12(25)23-11-5-4-10(18)13(19)14(11)20/h4-5,9H,6H2,1-3H3,(H,21,27)(H,23,25)(H,22,24,26). The molecule has 0 fully saturated rings. The molecule has 3 N–H and O–H groups in total. The van der Waals surface area contributed by atoms with Gasteiger partial charge in [-0.1, -0.05) is 11.8 Å². The zero-order valence-electron chi connectivity index (χ0n) is 15.2. The van der Waals surface area contributed by atoms with Gasteiger partial charge in [0.05, 0.1) is 17.5 Å². The van der Waals surface area contributed by atoms with E-state index in [1.54, 1.807) is 20.8 Å². The molecule has 0 radical (unpaired) electrons. The van der Waals surface area contributed by atoms with Crippen LogP contribution in [0.3, 0.4) is 0 Å². The van der Waals surface area contributed by atoms with Gasteiger partial charge in [0.1, 0.15) is 0 Å². The van der Waals surface area contributed by atoms with E-state index >= 15 is 0 Å².